The van der Waals surface area contributed by atoms with Crippen LogP contribution in [-0.2, 0) is 0 Å². The average molecular weight is 148 g/mol. The Kier molecular flexibility index (Phi) is 2.26. The Morgan fingerprint density at radius 2 is 2.36 bits per heavy atom. The molecule has 0 aliphatic rings. The smallest absolute Gasteiger partial charge is 0.0597 e. The lowest BCUT2D eigenvalue weighted by Gasteiger charge is -2.04. The fourth-order valence-electron chi connectivity index (χ4n) is 0.959. The zero-order valence-corrected chi connectivity index (χ0v) is 6.89. The third kappa shape index (κ3) is 1.58. The molecule has 0 unspecified atom stereocenters. The molecule has 0 amide bonds. The molecule has 0 fully saturated rings. The maximum Gasteiger partial charge on any atom is 0.0597 e. The van der Waals surface area contributed by atoms with Gasteiger partial charge in [0, 0.05) is 18.3 Å². The van der Waals surface area contributed by atoms with E-state index in [9.17, 15) is 0 Å². The molecule has 0 spiro atoms. The largest absolute Gasteiger partial charge is 0.386 e. The SMILES string of the molecule is C=Cc1cc(C)ncc1NC. The van der Waals surface area contributed by atoms with Crippen LogP contribution in [0.4, 0.5) is 5.69 Å². The number of aryl methyl sites for hydroxylation is 1. The van der Waals surface area contributed by atoms with Gasteiger partial charge in [0.25, 0.3) is 0 Å². The van der Waals surface area contributed by atoms with Crippen molar-refractivity contribution in [1.29, 1.82) is 0 Å². The van der Waals surface area contributed by atoms with Gasteiger partial charge in [-0.25, -0.2) is 0 Å². The standard InChI is InChI=1S/C9H12N2/c1-4-8-5-7(2)11-6-9(8)10-3/h4-6,10H,1H2,2-3H3. The summed E-state index contributed by atoms with van der Waals surface area (Å²) < 4.78 is 0. The van der Waals surface area contributed by atoms with Crippen LogP contribution in [0.1, 0.15) is 11.3 Å². The molecule has 0 bridgehead atoms. The predicted octanol–water partition coefficient (Wildman–Crippen LogP) is 2.07. The summed E-state index contributed by atoms with van der Waals surface area (Å²) in [5.74, 6) is 0. The van der Waals surface area contributed by atoms with E-state index < -0.39 is 0 Å². The lowest BCUT2D eigenvalue weighted by Crippen LogP contribution is -1.93. The van der Waals surface area contributed by atoms with E-state index in [1.165, 1.54) is 0 Å². The minimum absolute atomic E-state index is 1.01. The number of rotatable bonds is 2. The van der Waals surface area contributed by atoms with Gasteiger partial charge < -0.3 is 5.32 Å². The number of nitrogens with one attached hydrogen (secondary N) is 1. The molecule has 0 atom stereocenters. The van der Waals surface area contributed by atoms with Crippen LogP contribution in [0.25, 0.3) is 6.08 Å². The van der Waals surface area contributed by atoms with Gasteiger partial charge in [0.15, 0.2) is 0 Å². The Morgan fingerprint density at radius 1 is 1.64 bits per heavy atom. The van der Waals surface area contributed by atoms with Crippen molar-refractivity contribution < 1.29 is 0 Å². The van der Waals surface area contributed by atoms with Crippen molar-refractivity contribution in [2.45, 2.75) is 6.92 Å². The zero-order valence-electron chi connectivity index (χ0n) is 6.89. The second-order valence-electron chi connectivity index (χ2n) is 2.37. The lowest BCUT2D eigenvalue weighted by atomic mass is 10.2. The van der Waals surface area contributed by atoms with Crippen molar-refractivity contribution >= 4 is 11.8 Å². The molecule has 0 saturated carbocycles. The van der Waals surface area contributed by atoms with Crippen LogP contribution in [0.2, 0.25) is 0 Å². The van der Waals surface area contributed by atoms with Crippen LogP contribution in [0.15, 0.2) is 18.8 Å². The first kappa shape index (κ1) is 7.79. The molecule has 11 heavy (non-hydrogen) atoms. The maximum atomic E-state index is 4.15. The lowest BCUT2D eigenvalue weighted by molar-refractivity contribution is 1.19. The molecule has 0 radical (unpaired) electrons. The highest BCUT2D eigenvalue weighted by molar-refractivity contribution is 5.64. The fraction of sp³-hybridized carbons (Fsp3) is 0.222. The molecule has 0 saturated heterocycles. The van der Waals surface area contributed by atoms with Crippen molar-refractivity contribution in [3.63, 3.8) is 0 Å². The molecule has 2 nitrogen and oxygen atoms in total. The van der Waals surface area contributed by atoms with Gasteiger partial charge in [-0.15, -0.1) is 0 Å². The van der Waals surface area contributed by atoms with Crippen LogP contribution < -0.4 is 5.32 Å². The van der Waals surface area contributed by atoms with Gasteiger partial charge >= 0.3 is 0 Å². The van der Waals surface area contributed by atoms with Gasteiger partial charge in [0.1, 0.15) is 0 Å². The highest BCUT2D eigenvalue weighted by atomic mass is 14.8. The van der Waals surface area contributed by atoms with Crippen LogP contribution in [0.3, 0.4) is 0 Å². The minimum atomic E-state index is 1.01. The number of hydrogen-bond acceptors (Lipinski definition) is 2. The van der Waals surface area contributed by atoms with Crippen LogP contribution >= 0.6 is 0 Å². The van der Waals surface area contributed by atoms with Crippen molar-refractivity contribution in [1.82, 2.24) is 4.98 Å². The Balaban J connectivity index is 3.16. The molecule has 1 rings (SSSR count). The average Bonchev–Trinajstić information content (AvgIpc) is 2.04. The first-order valence-electron chi connectivity index (χ1n) is 3.54. The normalized spacial score (nSPS) is 9.27. The maximum absolute atomic E-state index is 4.15. The first-order chi connectivity index (χ1) is 5.27. The van der Waals surface area contributed by atoms with E-state index in [2.05, 4.69) is 16.9 Å². The topological polar surface area (TPSA) is 24.9 Å². The fourth-order valence-corrected chi connectivity index (χ4v) is 0.959. The Bertz CT molecular complexity index is 266. The van der Waals surface area contributed by atoms with Crippen molar-refractivity contribution in [3.8, 4) is 0 Å². The van der Waals surface area contributed by atoms with Gasteiger partial charge in [0.2, 0.25) is 0 Å². The van der Waals surface area contributed by atoms with Crippen molar-refractivity contribution in [3.05, 3.63) is 30.1 Å². The summed E-state index contributed by atoms with van der Waals surface area (Å²) in [5, 5.41) is 3.04. The van der Waals surface area contributed by atoms with E-state index >= 15 is 0 Å². The van der Waals surface area contributed by atoms with Gasteiger partial charge in [-0.2, -0.15) is 0 Å². The van der Waals surface area contributed by atoms with E-state index in [0.717, 1.165) is 16.9 Å². The molecule has 0 aliphatic heterocycles. The highest BCUT2D eigenvalue weighted by Gasteiger charge is 1.96. The summed E-state index contributed by atoms with van der Waals surface area (Å²) in [6, 6.07) is 2.00. The highest BCUT2D eigenvalue weighted by Crippen LogP contribution is 2.14. The van der Waals surface area contributed by atoms with E-state index in [0.29, 0.717) is 0 Å². The van der Waals surface area contributed by atoms with E-state index in [-0.39, 0.29) is 0 Å². The van der Waals surface area contributed by atoms with Crippen LogP contribution in [0.5, 0.6) is 0 Å². The minimum Gasteiger partial charge on any atom is -0.386 e. The van der Waals surface area contributed by atoms with Gasteiger partial charge in [0.05, 0.1) is 11.9 Å². The number of pyridine rings is 1. The van der Waals surface area contributed by atoms with E-state index in [4.69, 9.17) is 0 Å². The summed E-state index contributed by atoms with van der Waals surface area (Å²) in [6.07, 6.45) is 3.63. The summed E-state index contributed by atoms with van der Waals surface area (Å²) >= 11 is 0. The number of aromatic nitrogens is 1. The van der Waals surface area contributed by atoms with Gasteiger partial charge in [-0.1, -0.05) is 12.7 Å². The van der Waals surface area contributed by atoms with Crippen LogP contribution in [-0.4, -0.2) is 12.0 Å². The Hall–Kier alpha value is -1.31. The molecule has 2 heteroatoms. The monoisotopic (exact) mass is 148 g/mol. The number of hydrogen-bond donors (Lipinski definition) is 1. The predicted molar refractivity (Wildman–Crippen MR) is 48.6 cm³/mol. The van der Waals surface area contributed by atoms with Gasteiger partial charge in [-0.05, 0) is 13.0 Å². The van der Waals surface area contributed by atoms with Crippen molar-refractivity contribution in [2.24, 2.45) is 0 Å². The Morgan fingerprint density at radius 3 is 2.91 bits per heavy atom. The van der Waals surface area contributed by atoms with E-state index in [1.54, 1.807) is 0 Å². The molecule has 1 aromatic heterocycles. The second kappa shape index (κ2) is 3.19. The third-order valence-electron chi connectivity index (χ3n) is 1.56. The van der Waals surface area contributed by atoms with Crippen molar-refractivity contribution in [2.75, 3.05) is 12.4 Å². The molecule has 1 heterocycles. The van der Waals surface area contributed by atoms with Gasteiger partial charge in [-0.3, -0.25) is 4.98 Å². The summed E-state index contributed by atoms with van der Waals surface area (Å²) in [7, 11) is 1.87. The molecule has 0 aromatic carbocycles. The number of anilines is 1. The Labute approximate surface area is 67.0 Å². The molecular formula is C9H12N2. The molecular weight excluding hydrogens is 136 g/mol. The molecule has 1 aromatic rings. The summed E-state index contributed by atoms with van der Waals surface area (Å²) in [5.41, 5.74) is 3.13. The summed E-state index contributed by atoms with van der Waals surface area (Å²) in [6.45, 7) is 5.68. The molecule has 0 aliphatic carbocycles. The summed E-state index contributed by atoms with van der Waals surface area (Å²) in [4.78, 5) is 4.15. The molecule has 58 valence electrons. The third-order valence-corrected chi connectivity index (χ3v) is 1.56. The molecule has 1 N–H and O–H groups in total. The first-order valence-corrected chi connectivity index (χ1v) is 3.54. The zero-order chi connectivity index (χ0) is 8.27. The van der Waals surface area contributed by atoms with Crippen LogP contribution in [0, 0.1) is 6.92 Å². The quantitative estimate of drug-likeness (QED) is 0.694. The number of nitrogens with zero attached hydrogens (tertiary/aromatic N) is 1. The van der Waals surface area contributed by atoms with E-state index in [1.807, 2.05) is 32.3 Å². The second-order valence-corrected chi connectivity index (χ2v) is 2.37.